The Morgan fingerprint density at radius 1 is 0.840 bits per heavy atom. The summed E-state index contributed by atoms with van der Waals surface area (Å²) in [6.45, 7) is -0.626. The molecular weight excluding hydrogens is 630 g/mol. The minimum absolute atomic E-state index is 0.153. The number of amides is 3. The second kappa shape index (κ2) is 18.5. The van der Waals surface area contributed by atoms with Crippen molar-refractivity contribution in [2.24, 2.45) is 11.8 Å². The molecule has 4 aromatic carbocycles. The quantitative estimate of drug-likeness (QED) is 0.129. The van der Waals surface area contributed by atoms with Gasteiger partial charge < -0.3 is 25.8 Å². The Hall–Kier alpha value is -5.28. The van der Waals surface area contributed by atoms with Gasteiger partial charge in [-0.1, -0.05) is 103 Å². The zero-order chi connectivity index (χ0) is 35.1. The predicted octanol–water partition coefficient (Wildman–Crippen LogP) is 5.52. The third-order valence-corrected chi connectivity index (χ3v) is 8.92. The second-order valence-electron chi connectivity index (χ2n) is 12.8. The van der Waals surface area contributed by atoms with Gasteiger partial charge in [-0.2, -0.15) is 0 Å². The first-order valence-electron chi connectivity index (χ1n) is 17.3. The lowest BCUT2D eigenvalue weighted by molar-refractivity contribution is -0.151. The second-order valence-corrected chi connectivity index (χ2v) is 12.8. The molecule has 0 bridgehead atoms. The summed E-state index contributed by atoms with van der Waals surface area (Å²) in [6, 6.07) is 30.8. The number of benzene rings is 4. The molecule has 3 amide bonds. The highest BCUT2D eigenvalue weighted by molar-refractivity contribution is 5.99. The van der Waals surface area contributed by atoms with E-state index in [0.717, 1.165) is 28.3 Å². The van der Waals surface area contributed by atoms with Gasteiger partial charge in [-0.15, -0.1) is 0 Å². The zero-order valence-corrected chi connectivity index (χ0v) is 28.1. The first-order valence-corrected chi connectivity index (χ1v) is 17.3. The number of carbonyl (C=O) groups excluding carboxylic acids is 4. The largest absolute Gasteiger partial charge is 0.463 e. The number of cyclic esters (lactones) is 1. The number of anilines is 1. The number of allylic oxidation sites excluding steroid dienone is 2. The van der Waals surface area contributed by atoms with E-state index in [1.807, 2.05) is 109 Å². The topological polar surface area (TPSA) is 134 Å². The Morgan fingerprint density at radius 2 is 1.54 bits per heavy atom. The molecule has 9 heteroatoms. The summed E-state index contributed by atoms with van der Waals surface area (Å²) in [5.41, 5.74) is 2.51. The number of hydrogen-bond donors (Lipinski definition) is 4. The van der Waals surface area contributed by atoms with E-state index in [9.17, 15) is 24.3 Å². The third kappa shape index (κ3) is 10.9. The van der Waals surface area contributed by atoms with Gasteiger partial charge in [0.15, 0.2) is 0 Å². The molecule has 0 saturated heterocycles. The smallest absolute Gasteiger partial charge is 0.309 e. The minimum atomic E-state index is -1.21. The van der Waals surface area contributed by atoms with Gasteiger partial charge in [0.2, 0.25) is 11.8 Å². The molecule has 5 rings (SSSR count). The fraction of sp³-hybridized carbons (Fsp3) is 0.317. The summed E-state index contributed by atoms with van der Waals surface area (Å²) in [5, 5.41) is 20.4. The van der Waals surface area contributed by atoms with Gasteiger partial charge in [-0.05, 0) is 72.6 Å². The van der Waals surface area contributed by atoms with Crippen molar-refractivity contribution in [3.8, 4) is 0 Å². The van der Waals surface area contributed by atoms with Crippen LogP contribution in [0, 0.1) is 11.8 Å². The maximum atomic E-state index is 13.8. The lowest BCUT2D eigenvalue weighted by Gasteiger charge is -2.24. The van der Waals surface area contributed by atoms with Crippen molar-refractivity contribution in [1.82, 2.24) is 10.6 Å². The highest BCUT2D eigenvalue weighted by Crippen LogP contribution is 2.21. The van der Waals surface area contributed by atoms with Crippen LogP contribution in [0.5, 0.6) is 0 Å². The van der Waals surface area contributed by atoms with Crippen LogP contribution in [0.2, 0.25) is 0 Å². The lowest BCUT2D eigenvalue weighted by Crippen LogP contribution is -2.50. The number of ether oxygens (including phenoxy) is 1. The van der Waals surface area contributed by atoms with Crippen LogP contribution >= 0.6 is 0 Å². The Balaban J connectivity index is 1.33. The number of carbonyl (C=O) groups is 4. The van der Waals surface area contributed by atoms with Gasteiger partial charge in [-0.25, -0.2) is 0 Å². The predicted molar refractivity (Wildman–Crippen MR) is 194 cm³/mol. The first-order chi connectivity index (χ1) is 24.4. The van der Waals surface area contributed by atoms with Crippen molar-refractivity contribution in [2.75, 3.05) is 18.5 Å². The monoisotopic (exact) mass is 675 g/mol. The number of rotatable bonds is 10. The fourth-order valence-corrected chi connectivity index (χ4v) is 6.17. The number of nitrogens with one attached hydrogen (secondary N) is 3. The van der Waals surface area contributed by atoms with Crippen LogP contribution in [-0.2, 0) is 36.8 Å². The van der Waals surface area contributed by atoms with E-state index in [4.69, 9.17) is 4.74 Å². The van der Waals surface area contributed by atoms with Gasteiger partial charge in [0.05, 0.1) is 24.5 Å². The van der Waals surface area contributed by atoms with E-state index in [1.165, 1.54) is 0 Å². The molecule has 260 valence electrons. The molecule has 4 N–H and O–H groups in total. The van der Waals surface area contributed by atoms with Crippen LogP contribution in [0.1, 0.15) is 43.2 Å². The van der Waals surface area contributed by atoms with Crippen molar-refractivity contribution in [2.45, 2.75) is 57.0 Å². The normalized spacial score (nSPS) is 20.1. The van der Waals surface area contributed by atoms with Crippen molar-refractivity contribution < 1.29 is 29.0 Å². The summed E-state index contributed by atoms with van der Waals surface area (Å²) < 4.78 is 5.76. The molecule has 4 atom stereocenters. The number of esters is 1. The van der Waals surface area contributed by atoms with Gasteiger partial charge in [0, 0.05) is 12.1 Å². The van der Waals surface area contributed by atoms with Gasteiger partial charge in [-0.3, -0.25) is 19.2 Å². The Kier molecular flexibility index (Phi) is 13.3. The molecular formula is C41H45N3O6. The summed E-state index contributed by atoms with van der Waals surface area (Å²) >= 11 is 0. The number of aliphatic hydroxyl groups excluding tert-OH is 1. The summed E-state index contributed by atoms with van der Waals surface area (Å²) in [5.74, 6) is -3.10. The molecule has 0 spiro atoms. The van der Waals surface area contributed by atoms with E-state index in [-0.39, 0.29) is 32.0 Å². The molecule has 0 aromatic heterocycles. The molecule has 4 aromatic rings. The minimum Gasteiger partial charge on any atom is -0.463 e. The van der Waals surface area contributed by atoms with Gasteiger partial charge in [0.25, 0.3) is 5.91 Å². The summed E-state index contributed by atoms with van der Waals surface area (Å²) in [7, 11) is 0. The standard InChI is InChI=1S/C41H45N3O6/c45-27-36(24-30-15-7-4-8-16-30)42-38(46)26-33-19-9-1-2-10-20-34(23-29-13-5-3-6-14-29)41(49)50-28-37(44-39(33)47)40(48)43-35-22-21-31-17-11-12-18-32(31)25-35/h1,3-9,11-18,21-22,25,33-34,36-37,45H,2,10,19-20,23-24,26-28H2,(H,42,46)(H,43,48)(H,44,47)/b9-1-/t33-,34-,36-,37+/m1/s1. The third-order valence-electron chi connectivity index (χ3n) is 8.92. The Labute approximate surface area is 293 Å². The zero-order valence-electron chi connectivity index (χ0n) is 28.1. The van der Waals surface area contributed by atoms with Crippen molar-refractivity contribution in [3.63, 3.8) is 0 Å². The van der Waals surface area contributed by atoms with E-state index >= 15 is 0 Å². The maximum absolute atomic E-state index is 13.8. The molecule has 0 unspecified atom stereocenters. The van der Waals surface area contributed by atoms with Crippen LogP contribution in [0.25, 0.3) is 10.8 Å². The molecule has 1 aliphatic rings. The number of fused-ring (bicyclic) bond motifs is 1. The van der Waals surface area contributed by atoms with Crippen LogP contribution in [0.3, 0.4) is 0 Å². The lowest BCUT2D eigenvalue weighted by atomic mass is 9.93. The summed E-state index contributed by atoms with van der Waals surface area (Å²) in [4.78, 5) is 54.2. The molecule has 0 radical (unpaired) electrons. The van der Waals surface area contributed by atoms with Gasteiger partial charge in [0.1, 0.15) is 12.6 Å². The number of aliphatic hydroxyl groups is 1. The average molecular weight is 676 g/mol. The summed E-state index contributed by atoms with van der Waals surface area (Å²) in [6.07, 6.45) is 6.91. The van der Waals surface area contributed by atoms with E-state index in [1.54, 1.807) is 6.07 Å². The maximum Gasteiger partial charge on any atom is 0.309 e. The number of hydrogen-bond acceptors (Lipinski definition) is 6. The van der Waals surface area contributed by atoms with Crippen LogP contribution in [-0.4, -0.2) is 54.1 Å². The van der Waals surface area contributed by atoms with Crippen molar-refractivity contribution in [3.05, 3.63) is 126 Å². The average Bonchev–Trinajstić information content (AvgIpc) is 3.13. The Bertz CT molecular complexity index is 1760. The van der Waals surface area contributed by atoms with Crippen LogP contribution in [0.15, 0.2) is 115 Å². The molecule has 1 aliphatic heterocycles. The fourth-order valence-electron chi connectivity index (χ4n) is 6.17. The molecule has 0 fully saturated rings. The van der Waals surface area contributed by atoms with Gasteiger partial charge >= 0.3 is 5.97 Å². The first kappa shape index (κ1) is 36.0. The van der Waals surface area contributed by atoms with Crippen molar-refractivity contribution >= 4 is 40.2 Å². The van der Waals surface area contributed by atoms with Crippen molar-refractivity contribution in [1.29, 1.82) is 0 Å². The molecule has 0 aliphatic carbocycles. The Morgan fingerprint density at radius 3 is 2.28 bits per heavy atom. The van der Waals surface area contributed by atoms with E-state index < -0.39 is 41.7 Å². The van der Waals surface area contributed by atoms with Crippen LogP contribution in [0.4, 0.5) is 5.69 Å². The molecule has 9 nitrogen and oxygen atoms in total. The highest BCUT2D eigenvalue weighted by atomic mass is 16.5. The molecule has 50 heavy (non-hydrogen) atoms. The van der Waals surface area contributed by atoms with Crippen LogP contribution < -0.4 is 16.0 Å². The SMILES string of the molecule is O=C(C[C@H]1C/C=C\CCC[C@H](Cc2ccccc2)C(=O)OC[C@@H](C(=O)Nc2ccc3ccccc3c2)NC1=O)N[C@@H](CO)Cc1ccccc1. The molecule has 1 heterocycles. The highest BCUT2D eigenvalue weighted by Gasteiger charge is 2.30. The van der Waals surface area contributed by atoms with E-state index in [2.05, 4.69) is 16.0 Å². The van der Waals surface area contributed by atoms with E-state index in [0.29, 0.717) is 31.4 Å². The molecule has 0 saturated carbocycles.